The summed E-state index contributed by atoms with van der Waals surface area (Å²) in [4.78, 5) is 33.9. The van der Waals surface area contributed by atoms with Crippen molar-refractivity contribution < 1.29 is 19.1 Å². The highest BCUT2D eigenvalue weighted by atomic mass is 16.6. The summed E-state index contributed by atoms with van der Waals surface area (Å²) < 4.78 is 9.79. The monoisotopic (exact) mass is 399 g/mol. The smallest absolute Gasteiger partial charge is 0.409 e. The molecular weight excluding hydrogens is 374 g/mol. The summed E-state index contributed by atoms with van der Waals surface area (Å²) in [6, 6.07) is 8.95. The van der Waals surface area contributed by atoms with Crippen LogP contribution in [0.15, 0.2) is 36.5 Å². The first-order valence-electron chi connectivity index (χ1n) is 9.55. The fourth-order valence-corrected chi connectivity index (χ4v) is 3.10. The van der Waals surface area contributed by atoms with Crippen LogP contribution in [0.1, 0.15) is 30.1 Å². The first-order valence-corrected chi connectivity index (χ1v) is 9.55. The molecule has 0 radical (unpaired) electrons. The number of methoxy groups -OCH3 is 1. The minimum absolute atomic E-state index is 0.214. The second-order valence-electron chi connectivity index (χ2n) is 6.57. The zero-order chi connectivity index (χ0) is 20.6. The van der Waals surface area contributed by atoms with Crippen molar-refractivity contribution in [1.29, 1.82) is 0 Å². The predicted octanol–water partition coefficient (Wildman–Crippen LogP) is 3.04. The number of rotatable bonds is 6. The standard InChI is InChI=1S/C20H25N5O4/c1-3-29-20(27)25-11-8-15(9-12-25)22-17-7-10-21-19(24-17)23-16-6-4-5-14(13-16)18(26)28-2/h4-7,10,13,15H,3,8-9,11-12H2,1-2H3,(H2,21,22,23,24). The number of nitrogens with one attached hydrogen (secondary N) is 2. The van der Waals surface area contributed by atoms with Crippen LogP contribution in [0.25, 0.3) is 0 Å². The van der Waals surface area contributed by atoms with Gasteiger partial charge in [-0.2, -0.15) is 4.98 Å². The van der Waals surface area contributed by atoms with Gasteiger partial charge in [0.05, 0.1) is 19.3 Å². The fraction of sp³-hybridized carbons (Fsp3) is 0.400. The molecule has 3 rings (SSSR count). The Kier molecular flexibility index (Phi) is 6.83. The van der Waals surface area contributed by atoms with Gasteiger partial charge in [-0.3, -0.25) is 0 Å². The normalized spacial score (nSPS) is 14.2. The van der Waals surface area contributed by atoms with E-state index in [0.717, 1.165) is 12.8 Å². The molecule has 1 amide bonds. The number of benzene rings is 1. The number of hydrogen-bond acceptors (Lipinski definition) is 8. The second kappa shape index (κ2) is 9.72. The first kappa shape index (κ1) is 20.4. The lowest BCUT2D eigenvalue weighted by molar-refractivity contribution is 0.0600. The lowest BCUT2D eigenvalue weighted by Crippen LogP contribution is -2.42. The largest absolute Gasteiger partial charge is 0.465 e. The van der Waals surface area contributed by atoms with Crippen LogP contribution in [0.5, 0.6) is 0 Å². The van der Waals surface area contributed by atoms with E-state index < -0.39 is 5.97 Å². The van der Waals surface area contributed by atoms with Crippen LogP contribution < -0.4 is 10.6 Å². The summed E-state index contributed by atoms with van der Waals surface area (Å²) in [6.07, 6.45) is 3.03. The van der Waals surface area contributed by atoms with Crippen molar-refractivity contribution in [2.45, 2.75) is 25.8 Å². The van der Waals surface area contributed by atoms with Gasteiger partial charge < -0.3 is 25.0 Å². The maximum atomic E-state index is 11.8. The summed E-state index contributed by atoms with van der Waals surface area (Å²) in [7, 11) is 1.35. The van der Waals surface area contributed by atoms with Crippen LogP contribution in [0, 0.1) is 0 Å². The molecule has 1 aromatic carbocycles. The number of esters is 1. The van der Waals surface area contributed by atoms with Gasteiger partial charge in [-0.25, -0.2) is 14.6 Å². The molecule has 0 atom stereocenters. The van der Waals surface area contributed by atoms with Gasteiger partial charge in [0.15, 0.2) is 0 Å². The molecular formula is C20H25N5O4. The molecule has 2 N–H and O–H groups in total. The topological polar surface area (TPSA) is 106 Å². The molecule has 0 saturated carbocycles. The highest BCUT2D eigenvalue weighted by Gasteiger charge is 2.23. The molecule has 1 fully saturated rings. The molecule has 0 unspecified atom stereocenters. The summed E-state index contributed by atoms with van der Waals surface area (Å²) in [5, 5.41) is 6.49. The van der Waals surface area contributed by atoms with Gasteiger partial charge >= 0.3 is 12.1 Å². The van der Waals surface area contributed by atoms with Crippen molar-refractivity contribution in [3.8, 4) is 0 Å². The number of ether oxygens (including phenoxy) is 2. The van der Waals surface area contributed by atoms with Gasteiger partial charge in [0.25, 0.3) is 0 Å². The maximum absolute atomic E-state index is 11.8. The van der Waals surface area contributed by atoms with Gasteiger partial charge in [-0.05, 0) is 44.0 Å². The quantitative estimate of drug-likeness (QED) is 0.714. The first-order chi connectivity index (χ1) is 14.1. The molecule has 2 heterocycles. The number of aromatic nitrogens is 2. The van der Waals surface area contributed by atoms with E-state index in [1.807, 2.05) is 6.07 Å². The number of anilines is 3. The van der Waals surface area contributed by atoms with Gasteiger partial charge in [-0.15, -0.1) is 0 Å². The number of piperidine rings is 1. The van der Waals surface area contributed by atoms with Crippen LogP contribution in [0.2, 0.25) is 0 Å². The van der Waals surface area contributed by atoms with Gasteiger partial charge in [-0.1, -0.05) is 6.07 Å². The van der Waals surface area contributed by atoms with E-state index in [2.05, 4.69) is 20.6 Å². The predicted molar refractivity (Wildman–Crippen MR) is 108 cm³/mol. The zero-order valence-corrected chi connectivity index (χ0v) is 16.6. The van der Waals surface area contributed by atoms with Gasteiger partial charge in [0.1, 0.15) is 5.82 Å². The fourth-order valence-electron chi connectivity index (χ4n) is 3.10. The van der Waals surface area contributed by atoms with E-state index in [1.165, 1.54) is 7.11 Å². The van der Waals surface area contributed by atoms with Crippen molar-refractivity contribution in [3.63, 3.8) is 0 Å². The highest BCUT2D eigenvalue weighted by Crippen LogP contribution is 2.19. The van der Waals surface area contributed by atoms with Crippen molar-refractivity contribution in [2.24, 2.45) is 0 Å². The zero-order valence-electron chi connectivity index (χ0n) is 16.6. The molecule has 1 aromatic heterocycles. The number of amides is 1. The summed E-state index contributed by atoms with van der Waals surface area (Å²) in [5.41, 5.74) is 1.13. The number of likely N-dealkylation sites (tertiary alicyclic amines) is 1. The number of carbonyl (C=O) groups is 2. The third-order valence-corrected chi connectivity index (χ3v) is 4.57. The average molecular weight is 399 g/mol. The van der Waals surface area contributed by atoms with E-state index in [0.29, 0.717) is 42.7 Å². The Hall–Kier alpha value is -3.36. The van der Waals surface area contributed by atoms with Crippen LogP contribution in [-0.4, -0.2) is 59.8 Å². The Labute approximate surface area is 169 Å². The van der Waals surface area contributed by atoms with E-state index in [9.17, 15) is 9.59 Å². The molecule has 154 valence electrons. The number of hydrogen-bond donors (Lipinski definition) is 2. The van der Waals surface area contributed by atoms with Crippen LogP contribution >= 0.6 is 0 Å². The number of carbonyl (C=O) groups excluding carboxylic acids is 2. The van der Waals surface area contributed by atoms with Crippen molar-refractivity contribution >= 4 is 29.5 Å². The molecule has 9 nitrogen and oxygen atoms in total. The van der Waals surface area contributed by atoms with E-state index in [4.69, 9.17) is 9.47 Å². The van der Waals surface area contributed by atoms with Gasteiger partial charge in [0.2, 0.25) is 5.95 Å². The molecule has 9 heteroatoms. The van der Waals surface area contributed by atoms with Crippen LogP contribution in [-0.2, 0) is 9.47 Å². The van der Waals surface area contributed by atoms with E-state index in [1.54, 1.807) is 42.3 Å². The SMILES string of the molecule is CCOC(=O)N1CCC(Nc2ccnc(Nc3cccc(C(=O)OC)c3)n2)CC1. The molecule has 1 aliphatic heterocycles. The lowest BCUT2D eigenvalue weighted by atomic mass is 10.1. The summed E-state index contributed by atoms with van der Waals surface area (Å²) in [5.74, 6) is 0.710. The summed E-state index contributed by atoms with van der Waals surface area (Å²) in [6.45, 7) is 3.48. The molecule has 1 aliphatic rings. The lowest BCUT2D eigenvalue weighted by Gasteiger charge is -2.31. The molecule has 0 bridgehead atoms. The Morgan fingerprint density at radius 1 is 1.24 bits per heavy atom. The maximum Gasteiger partial charge on any atom is 0.409 e. The van der Waals surface area contributed by atoms with Gasteiger partial charge in [0, 0.05) is 31.0 Å². The average Bonchev–Trinajstić information content (AvgIpc) is 2.74. The Balaban J connectivity index is 1.58. The molecule has 2 aromatic rings. The third-order valence-electron chi connectivity index (χ3n) is 4.57. The highest BCUT2D eigenvalue weighted by molar-refractivity contribution is 5.90. The third kappa shape index (κ3) is 5.56. The van der Waals surface area contributed by atoms with E-state index >= 15 is 0 Å². The Morgan fingerprint density at radius 3 is 2.76 bits per heavy atom. The van der Waals surface area contributed by atoms with Crippen molar-refractivity contribution in [3.05, 3.63) is 42.1 Å². The number of nitrogens with zero attached hydrogens (tertiary/aromatic N) is 3. The minimum Gasteiger partial charge on any atom is -0.465 e. The minimum atomic E-state index is -0.404. The molecule has 29 heavy (non-hydrogen) atoms. The Bertz CT molecular complexity index is 852. The van der Waals surface area contributed by atoms with Crippen LogP contribution in [0.4, 0.5) is 22.2 Å². The second-order valence-corrected chi connectivity index (χ2v) is 6.57. The molecule has 0 aliphatic carbocycles. The molecule has 0 spiro atoms. The van der Waals surface area contributed by atoms with Crippen molar-refractivity contribution in [2.75, 3.05) is 37.4 Å². The summed E-state index contributed by atoms with van der Waals surface area (Å²) >= 11 is 0. The Morgan fingerprint density at radius 2 is 2.03 bits per heavy atom. The van der Waals surface area contributed by atoms with E-state index in [-0.39, 0.29) is 12.1 Å². The van der Waals surface area contributed by atoms with Crippen molar-refractivity contribution in [1.82, 2.24) is 14.9 Å². The van der Waals surface area contributed by atoms with Crippen LogP contribution in [0.3, 0.4) is 0 Å². The molecule has 1 saturated heterocycles.